The number of amides is 2. The molecule has 1 aliphatic carbocycles. The summed E-state index contributed by atoms with van der Waals surface area (Å²) in [5.41, 5.74) is 2.49. The maximum atomic E-state index is 14.1. The number of aryl methyl sites for hydroxylation is 1. The molecule has 2 aromatic carbocycles. The van der Waals surface area contributed by atoms with Gasteiger partial charge < -0.3 is 10.2 Å². The van der Waals surface area contributed by atoms with Gasteiger partial charge in [0.15, 0.2) is 0 Å². The SMILES string of the molecule is CC[C@@H](C(=O)NC1CCCC1)N(Cc1ccccc1C)C(=O)CSCc1c(F)cccc1Cl. The van der Waals surface area contributed by atoms with E-state index in [1.165, 1.54) is 17.8 Å². The minimum absolute atomic E-state index is 0.0894. The minimum Gasteiger partial charge on any atom is -0.352 e. The van der Waals surface area contributed by atoms with Gasteiger partial charge in [-0.3, -0.25) is 9.59 Å². The van der Waals surface area contributed by atoms with Gasteiger partial charge in [0.05, 0.1) is 5.75 Å². The number of thioether (sulfide) groups is 1. The van der Waals surface area contributed by atoms with Gasteiger partial charge in [-0.1, -0.05) is 61.7 Å². The molecule has 0 radical (unpaired) electrons. The van der Waals surface area contributed by atoms with Crippen LogP contribution in [0, 0.1) is 12.7 Å². The molecule has 178 valence electrons. The van der Waals surface area contributed by atoms with Crippen LogP contribution in [-0.4, -0.2) is 34.6 Å². The van der Waals surface area contributed by atoms with Crippen molar-refractivity contribution in [3.05, 3.63) is 70.0 Å². The van der Waals surface area contributed by atoms with Crippen molar-refractivity contribution in [1.29, 1.82) is 0 Å². The molecule has 1 atom stereocenters. The van der Waals surface area contributed by atoms with Gasteiger partial charge in [-0.15, -0.1) is 11.8 Å². The molecule has 0 aromatic heterocycles. The van der Waals surface area contributed by atoms with Crippen LogP contribution in [0.1, 0.15) is 55.7 Å². The van der Waals surface area contributed by atoms with Crippen LogP contribution in [0.15, 0.2) is 42.5 Å². The van der Waals surface area contributed by atoms with Crippen molar-refractivity contribution in [2.24, 2.45) is 0 Å². The summed E-state index contributed by atoms with van der Waals surface area (Å²) in [6.07, 6.45) is 4.77. The molecule has 1 fully saturated rings. The Morgan fingerprint density at radius 3 is 2.58 bits per heavy atom. The van der Waals surface area contributed by atoms with E-state index in [9.17, 15) is 14.0 Å². The third kappa shape index (κ3) is 6.97. The van der Waals surface area contributed by atoms with Crippen LogP contribution < -0.4 is 5.32 Å². The Hall–Kier alpha value is -2.05. The largest absolute Gasteiger partial charge is 0.352 e. The predicted octanol–water partition coefficient (Wildman–Crippen LogP) is 5.89. The second-order valence-corrected chi connectivity index (χ2v) is 9.95. The van der Waals surface area contributed by atoms with Crippen molar-refractivity contribution in [2.45, 2.75) is 70.3 Å². The number of nitrogens with zero attached hydrogens (tertiary/aromatic N) is 1. The van der Waals surface area contributed by atoms with Gasteiger partial charge in [-0.05, 0) is 49.4 Å². The number of carbonyl (C=O) groups is 2. The maximum Gasteiger partial charge on any atom is 0.243 e. The van der Waals surface area contributed by atoms with Gasteiger partial charge >= 0.3 is 0 Å². The first-order chi connectivity index (χ1) is 15.9. The molecule has 7 heteroatoms. The molecule has 1 N–H and O–H groups in total. The first kappa shape index (κ1) is 25.6. The summed E-state index contributed by atoms with van der Waals surface area (Å²) >= 11 is 7.44. The number of rotatable bonds is 10. The monoisotopic (exact) mass is 490 g/mol. The third-order valence-electron chi connectivity index (χ3n) is 6.22. The lowest BCUT2D eigenvalue weighted by Crippen LogP contribution is -2.51. The Bertz CT molecular complexity index is 945. The Labute approximate surface area is 205 Å². The van der Waals surface area contributed by atoms with Crippen molar-refractivity contribution < 1.29 is 14.0 Å². The quantitative estimate of drug-likeness (QED) is 0.452. The number of nitrogens with one attached hydrogen (secondary N) is 1. The molecule has 4 nitrogen and oxygen atoms in total. The fourth-order valence-electron chi connectivity index (χ4n) is 4.25. The molecule has 0 bridgehead atoms. The molecule has 2 aromatic rings. The van der Waals surface area contributed by atoms with E-state index in [0.29, 0.717) is 29.3 Å². The smallest absolute Gasteiger partial charge is 0.243 e. The van der Waals surface area contributed by atoms with Crippen LogP contribution in [0.25, 0.3) is 0 Å². The molecular weight excluding hydrogens is 459 g/mol. The molecule has 1 aliphatic rings. The summed E-state index contributed by atoms with van der Waals surface area (Å²) in [5.74, 6) is -0.163. The normalized spacial score (nSPS) is 14.8. The molecule has 0 spiro atoms. The average molecular weight is 491 g/mol. The summed E-state index contributed by atoms with van der Waals surface area (Å²) in [6.45, 7) is 4.30. The molecule has 0 unspecified atom stereocenters. The average Bonchev–Trinajstić information content (AvgIpc) is 3.29. The molecule has 0 aliphatic heterocycles. The highest BCUT2D eigenvalue weighted by Crippen LogP contribution is 2.25. The highest BCUT2D eigenvalue weighted by Gasteiger charge is 2.30. The van der Waals surface area contributed by atoms with E-state index in [2.05, 4.69) is 5.32 Å². The van der Waals surface area contributed by atoms with Gasteiger partial charge in [0.2, 0.25) is 11.8 Å². The molecule has 2 amide bonds. The molecule has 33 heavy (non-hydrogen) atoms. The second-order valence-electron chi connectivity index (χ2n) is 8.56. The molecule has 0 heterocycles. The van der Waals surface area contributed by atoms with Crippen LogP contribution >= 0.6 is 23.4 Å². The fraction of sp³-hybridized carbons (Fsp3) is 0.462. The van der Waals surface area contributed by atoms with Crippen molar-refractivity contribution >= 4 is 35.2 Å². The zero-order valence-electron chi connectivity index (χ0n) is 19.3. The van der Waals surface area contributed by atoms with Crippen LogP contribution in [0.4, 0.5) is 4.39 Å². The highest BCUT2D eigenvalue weighted by atomic mass is 35.5. The van der Waals surface area contributed by atoms with Crippen molar-refractivity contribution in [2.75, 3.05) is 5.75 Å². The van der Waals surface area contributed by atoms with Gasteiger partial charge in [0, 0.05) is 28.9 Å². The number of hydrogen-bond donors (Lipinski definition) is 1. The second kappa shape index (κ2) is 12.4. The number of benzene rings is 2. The van der Waals surface area contributed by atoms with E-state index in [-0.39, 0.29) is 29.4 Å². The maximum absolute atomic E-state index is 14.1. The van der Waals surface area contributed by atoms with E-state index in [1.54, 1.807) is 17.0 Å². The van der Waals surface area contributed by atoms with E-state index in [0.717, 1.165) is 36.8 Å². The number of carbonyl (C=O) groups excluding carboxylic acids is 2. The van der Waals surface area contributed by atoms with Gasteiger partial charge in [-0.2, -0.15) is 0 Å². The zero-order chi connectivity index (χ0) is 23.8. The fourth-order valence-corrected chi connectivity index (χ4v) is 5.50. The van der Waals surface area contributed by atoms with Gasteiger partial charge in [0.25, 0.3) is 0 Å². The van der Waals surface area contributed by atoms with Crippen molar-refractivity contribution in [1.82, 2.24) is 10.2 Å². The Morgan fingerprint density at radius 1 is 1.18 bits per heavy atom. The van der Waals surface area contributed by atoms with Crippen LogP contribution in [0.2, 0.25) is 5.02 Å². The van der Waals surface area contributed by atoms with Gasteiger partial charge in [-0.25, -0.2) is 4.39 Å². The van der Waals surface area contributed by atoms with Crippen molar-refractivity contribution in [3.63, 3.8) is 0 Å². The van der Waals surface area contributed by atoms with E-state index in [4.69, 9.17) is 11.6 Å². The Balaban J connectivity index is 1.73. The molecule has 3 rings (SSSR count). The van der Waals surface area contributed by atoms with E-state index < -0.39 is 6.04 Å². The first-order valence-corrected chi connectivity index (χ1v) is 13.1. The van der Waals surface area contributed by atoms with Crippen LogP contribution in [-0.2, 0) is 21.9 Å². The summed E-state index contributed by atoms with van der Waals surface area (Å²) in [7, 11) is 0. The summed E-state index contributed by atoms with van der Waals surface area (Å²) in [4.78, 5) is 28.2. The first-order valence-electron chi connectivity index (χ1n) is 11.6. The summed E-state index contributed by atoms with van der Waals surface area (Å²) in [5, 5.41) is 3.51. The van der Waals surface area contributed by atoms with Crippen molar-refractivity contribution in [3.8, 4) is 0 Å². The summed E-state index contributed by atoms with van der Waals surface area (Å²) in [6, 6.07) is 12.1. The standard InChI is InChI=1S/C26H32ClFN2O2S/c1-3-24(26(32)29-20-11-6-7-12-20)30(15-19-10-5-4-9-18(19)2)25(31)17-33-16-21-22(27)13-8-14-23(21)28/h4-5,8-10,13-14,20,24H,3,6-7,11-12,15-17H2,1-2H3,(H,29,32)/t24-/m0/s1. The third-order valence-corrected chi connectivity index (χ3v) is 7.52. The van der Waals surface area contributed by atoms with E-state index >= 15 is 0 Å². The lowest BCUT2D eigenvalue weighted by atomic mass is 10.1. The predicted molar refractivity (Wildman–Crippen MR) is 134 cm³/mol. The molecule has 0 saturated heterocycles. The van der Waals surface area contributed by atoms with Gasteiger partial charge in [0.1, 0.15) is 11.9 Å². The summed E-state index contributed by atoms with van der Waals surface area (Å²) < 4.78 is 14.1. The lowest BCUT2D eigenvalue weighted by molar-refractivity contribution is -0.139. The highest BCUT2D eigenvalue weighted by molar-refractivity contribution is 7.99. The number of halogens is 2. The zero-order valence-corrected chi connectivity index (χ0v) is 20.9. The topological polar surface area (TPSA) is 49.4 Å². The van der Waals surface area contributed by atoms with Crippen LogP contribution in [0.3, 0.4) is 0 Å². The minimum atomic E-state index is -0.546. The van der Waals surface area contributed by atoms with Crippen LogP contribution in [0.5, 0.6) is 0 Å². The molecule has 1 saturated carbocycles. The number of hydrogen-bond acceptors (Lipinski definition) is 3. The lowest BCUT2D eigenvalue weighted by Gasteiger charge is -2.32. The molecular formula is C26H32ClFN2O2S. The van der Waals surface area contributed by atoms with E-state index in [1.807, 2.05) is 38.1 Å². The Kier molecular flexibility index (Phi) is 9.63. The Morgan fingerprint density at radius 2 is 1.91 bits per heavy atom.